The number of halogens is 1. The van der Waals surface area contributed by atoms with Crippen LogP contribution in [0.2, 0.25) is 0 Å². The van der Waals surface area contributed by atoms with Crippen molar-refractivity contribution in [1.29, 1.82) is 0 Å². The van der Waals surface area contributed by atoms with E-state index in [4.69, 9.17) is 0 Å². The van der Waals surface area contributed by atoms with Crippen molar-refractivity contribution < 1.29 is 9.50 Å². The Labute approximate surface area is 197 Å². The number of H-pyrrole nitrogens is 1. The summed E-state index contributed by atoms with van der Waals surface area (Å²) in [7, 11) is 0. The Balaban J connectivity index is 1.46. The third kappa shape index (κ3) is 4.50. The molecule has 0 bridgehead atoms. The molecule has 1 saturated heterocycles. The molecule has 0 spiro atoms. The quantitative estimate of drug-likeness (QED) is 0.375. The summed E-state index contributed by atoms with van der Waals surface area (Å²) in [4.78, 5) is 21.9. The monoisotopic (exact) mass is 455 g/mol. The number of aromatic nitrogens is 1. The topological polar surface area (TPSA) is 68.7 Å². The Morgan fingerprint density at radius 2 is 1.79 bits per heavy atom. The molecule has 0 radical (unpaired) electrons. The van der Waals surface area contributed by atoms with Crippen LogP contribution < -0.4 is 5.56 Å². The highest BCUT2D eigenvalue weighted by Crippen LogP contribution is 2.28. The van der Waals surface area contributed by atoms with Crippen molar-refractivity contribution in [2.24, 2.45) is 4.99 Å². The minimum atomic E-state index is -0.379. The number of benzene rings is 3. The molecule has 1 unspecified atom stereocenters. The minimum absolute atomic E-state index is 0.239. The normalized spacial score (nSPS) is 16.6. The molecule has 4 aromatic rings. The van der Waals surface area contributed by atoms with Gasteiger partial charge in [-0.3, -0.25) is 19.7 Å². The van der Waals surface area contributed by atoms with Crippen LogP contribution >= 0.6 is 0 Å². The van der Waals surface area contributed by atoms with E-state index in [1.165, 1.54) is 30.5 Å². The molecular formula is C28H26FN3O2. The molecule has 0 aliphatic carbocycles. The summed E-state index contributed by atoms with van der Waals surface area (Å²) in [6, 6.07) is 20.2. The fraction of sp³-hybridized carbons (Fsp3) is 0.214. The first-order chi connectivity index (χ1) is 16.5. The van der Waals surface area contributed by atoms with Gasteiger partial charge in [0.2, 0.25) is 5.88 Å². The van der Waals surface area contributed by atoms with Crippen LogP contribution in [0.15, 0.2) is 76.5 Å². The zero-order valence-electron chi connectivity index (χ0n) is 19.0. The Hall–Kier alpha value is -3.77. The Kier molecular flexibility index (Phi) is 5.99. The molecule has 2 N–H and O–H groups in total. The van der Waals surface area contributed by atoms with Gasteiger partial charge >= 0.3 is 0 Å². The van der Waals surface area contributed by atoms with E-state index < -0.39 is 0 Å². The van der Waals surface area contributed by atoms with E-state index in [0.717, 1.165) is 29.9 Å². The Morgan fingerprint density at radius 1 is 1.06 bits per heavy atom. The van der Waals surface area contributed by atoms with Crippen LogP contribution in [-0.4, -0.2) is 33.8 Å². The zero-order chi connectivity index (χ0) is 23.7. The Morgan fingerprint density at radius 3 is 2.50 bits per heavy atom. The van der Waals surface area contributed by atoms with E-state index in [9.17, 15) is 14.3 Å². The molecule has 5 rings (SSSR count). The van der Waals surface area contributed by atoms with Crippen LogP contribution in [0.4, 0.5) is 10.1 Å². The van der Waals surface area contributed by atoms with Crippen LogP contribution in [0.1, 0.15) is 30.9 Å². The number of aliphatic imine (C=N–C) groups is 1. The molecule has 0 saturated carbocycles. The molecule has 1 aliphatic rings. The highest BCUT2D eigenvalue weighted by atomic mass is 19.1. The standard InChI is InChI=1S/C28H26FN3O2/c1-18-3-2-14-32(18)17-19-4-11-23(12-5-19)30-16-26-25-15-21(20-6-9-22(29)10-7-20)8-13-24(25)27(33)31-28(26)34/h4-13,15-16,18H,2-3,14,17H2,1H3,(H2,31,33,34). The molecule has 1 atom stereocenters. The van der Waals surface area contributed by atoms with Crippen molar-refractivity contribution in [3.05, 3.63) is 94.0 Å². The van der Waals surface area contributed by atoms with Gasteiger partial charge in [0, 0.05) is 29.6 Å². The van der Waals surface area contributed by atoms with Crippen LogP contribution in [0.3, 0.4) is 0 Å². The zero-order valence-corrected chi connectivity index (χ0v) is 19.0. The van der Waals surface area contributed by atoms with Gasteiger partial charge in [-0.15, -0.1) is 0 Å². The second-order valence-corrected chi connectivity index (χ2v) is 8.87. The van der Waals surface area contributed by atoms with Gasteiger partial charge in [0.05, 0.1) is 11.3 Å². The lowest BCUT2D eigenvalue weighted by molar-refractivity contribution is 0.260. The molecule has 1 aromatic heterocycles. The van der Waals surface area contributed by atoms with Crippen LogP contribution in [0.25, 0.3) is 21.9 Å². The average Bonchev–Trinajstić information content (AvgIpc) is 3.24. The number of rotatable bonds is 5. The van der Waals surface area contributed by atoms with Crippen molar-refractivity contribution in [2.75, 3.05) is 6.54 Å². The van der Waals surface area contributed by atoms with Crippen LogP contribution in [0.5, 0.6) is 5.88 Å². The number of nitrogens with zero attached hydrogens (tertiary/aromatic N) is 2. The van der Waals surface area contributed by atoms with Gasteiger partial charge in [0.1, 0.15) is 5.82 Å². The summed E-state index contributed by atoms with van der Waals surface area (Å²) in [5.41, 5.74) is 3.67. The third-order valence-electron chi connectivity index (χ3n) is 6.57. The number of pyridine rings is 1. The maximum atomic E-state index is 13.3. The number of aromatic hydroxyl groups is 1. The van der Waals surface area contributed by atoms with Crippen molar-refractivity contribution >= 4 is 22.7 Å². The smallest absolute Gasteiger partial charge is 0.258 e. The van der Waals surface area contributed by atoms with Gasteiger partial charge in [-0.25, -0.2) is 4.39 Å². The van der Waals surface area contributed by atoms with Gasteiger partial charge in [0.25, 0.3) is 5.56 Å². The summed E-state index contributed by atoms with van der Waals surface area (Å²) in [5, 5.41) is 11.5. The molecule has 172 valence electrons. The summed E-state index contributed by atoms with van der Waals surface area (Å²) >= 11 is 0. The lowest BCUT2D eigenvalue weighted by Gasteiger charge is -2.20. The third-order valence-corrected chi connectivity index (χ3v) is 6.57. The number of hydrogen-bond donors (Lipinski definition) is 2. The molecule has 5 nitrogen and oxygen atoms in total. The number of aromatic amines is 1. The van der Waals surface area contributed by atoms with Gasteiger partial charge in [-0.1, -0.05) is 30.3 Å². The maximum Gasteiger partial charge on any atom is 0.258 e. The van der Waals surface area contributed by atoms with E-state index in [0.29, 0.717) is 22.4 Å². The number of fused-ring (bicyclic) bond motifs is 1. The van der Waals surface area contributed by atoms with Gasteiger partial charge < -0.3 is 5.11 Å². The van der Waals surface area contributed by atoms with Crippen LogP contribution in [-0.2, 0) is 6.54 Å². The van der Waals surface area contributed by atoms with E-state index >= 15 is 0 Å². The van der Waals surface area contributed by atoms with E-state index in [2.05, 4.69) is 33.9 Å². The maximum absolute atomic E-state index is 13.3. The number of hydrogen-bond acceptors (Lipinski definition) is 4. The molecule has 3 aromatic carbocycles. The lowest BCUT2D eigenvalue weighted by atomic mass is 9.99. The fourth-order valence-electron chi connectivity index (χ4n) is 4.58. The summed E-state index contributed by atoms with van der Waals surface area (Å²) in [6.07, 6.45) is 4.07. The number of likely N-dealkylation sites (tertiary alicyclic amines) is 1. The number of nitrogens with one attached hydrogen (secondary N) is 1. The predicted octanol–water partition coefficient (Wildman–Crippen LogP) is 5.77. The first-order valence-corrected chi connectivity index (χ1v) is 11.5. The first-order valence-electron chi connectivity index (χ1n) is 11.5. The molecule has 6 heteroatoms. The van der Waals surface area contributed by atoms with Gasteiger partial charge in [-0.2, -0.15) is 0 Å². The summed E-state index contributed by atoms with van der Waals surface area (Å²) < 4.78 is 13.3. The average molecular weight is 456 g/mol. The largest absolute Gasteiger partial charge is 0.494 e. The van der Waals surface area contributed by atoms with Crippen molar-refractivity contribution in [3.63, 3.8) is 0 Å². The SMILES string of the molecule is CC1CCCN1Cc1ccc(N=Cc2c(O)[nH]c(=O)c3ccc(-c4ccc(F)cc4)cc23)cc1. The minimum Gasteiger partial charge on any atom is -0.494 e. The van der Waals surface area contributed by atoms with E-state index in [-0.39, 0.29) is 17.3 Å². The van der Waals surface area contributed by atoms with Crippen LogP contribution in [0, 0.1) is 5.82 Å². The van der Waals surface area contributed by atoms with Crippen molar-refractivity contribution in [3.8, 4) is 17.0 Å². The second-order valence-electron chi connectivity index (χ2n) is 8.87. The fourth-order valence-corrected chi connectivity index (χ4v) is 4.58. The molecule has 0 amide bonds. The van der Waals surface area contributed by atoms with E-state index in [1.54, 1.807) is 24.4 Å². The highest BCUT2D eigenvalue weighted by molar-refractivity contribution is 6.03. The molecule has 2 heterocycles. The van der Waals surface area contributed by atoms with E-state index in [1.807, 2.05) is 24.3 Å². The first kappa shape index (κ1) is 22.0. The molecule has 1 aliphatic heterocycles. The highest BCUT2D eigenvalue weighted by Gasteiger charge is 2.19. The second kappa shape index (κ2) is 9.23. The molecule has 34 heavy (non-hydrogen) atoms. The lowest BCUT2D eigenvalue weighted by Crippen LogP contribution is -2.26. The van der Waals surface area contributed by atoms with Crippen molar-refractivity contribution in [2.45, 2.75) is 32.4 Å². The van der Waals surface area contributed by atoms with Crippen molar-refractivity contribution in [1.82, 2.24) is 9.88 Å². The predicted molar refractivity (Wildman–Crippen MR) is 134 cm³/mol. The van der Waals surface area contributed by atoms with Gasteiger partial charge in [-0.05, 0) is 79.4 Å². The van der Waals surface area contributed by atoms with Gasteiger partial charge in [0.15, 0.2) is 0 Å². The molecule has 1 fully saturated rings. The summed E-state index contributed by atoms with van der Waals surface area (Å²) in [6.45, 7) is 4.34. The summed E-state index contributed by atoms with van der Waals surface area (Å²) in [5.74, 6) is -0.551. The molecular weight excluding hydrogens is 429 g/mol. The Bertz CT molecular complexity index is 1410.